The lowest BCUT2D eigenvalue weighted by atomic mass is 10.0. The van der Waals surface area contributed by atoms with Crippen LogP contribution in [0, 0.1) is 0 Å². The molecule has 2 atom stereocenters. The number of ether oxygens (including phenoxy) is 1. The van der Waals surface area contributed by atoms with E-state index in [9.17, 15) is 0 Å². The van der Waals surface area contributed by atoms with E-state index in [1.807, 2.05) is 12.1 Å². The summed E-state index contributed by atoms with van der Waals surface area (Å²) in [5.74, 6) is 1.87. The first-order valence-electron chi connectivity index (χ1n) is 10.9. The van der Waals surface area contributed by atoms with Gasteiger partial charge in [-0.05, 0) is 46.0 Å². The molecule has 2 aliphatic rings. The Balaban J connectivity index is 0.00000320. The van der Waals surface area contributed by atoms with E-state index in [-0.39, 0.29) is 24.0 Å². The molecule has 2 unspecified atom stereocenters. The van der Waals surface area contributed by atoms with Crippen molar-refractivity contribution in [3.05, 3.63) is 24.3 Å². The number of aliphatic imine (C=N–C) groups is 1. The number of benzene rings is 1. The van der Waals surface area contributed by atoms with Gasteiger partial charge in [0.05, 0.1) is 19.3 Å². The molecule has 1 aromatic carbocycles. The normalized spacial score (nSPS) is 23.6. The average molecular weight is 530 g/mol. The molecule has 7 nitrogen and oxygen atoms in total. The molecule has 0 bridgehead atoms. The van der Waals surface area contributed by atoms with Crippen LogP contribution in [0.5, 0.6) is 5.75 Å². The molecule has 0 aliphatic carbocycles. The van der Waals surface area contributed by atoms with E-state index in [0.717, 1.165) is 70.4 Å². The highest BCUT2D eigenvalue weighted by molar-refractivity contribution is 14.0. The molecule has 1 aromatic rings. The number of hydrogen-bond donors (Lipinski definition) is 2. The van der Waals surface area contributed by atoms with Crippen LogP contribution in [-0.2, 0) is 0 Å². The van der Waals surface area contributed by atoms with E-state index < -0.39 is 0 Å². The van der Waals surface area contributed by atoms with Crippen LogP contribution >= 0.6 is 24.0 Å². The second kappa shape index (κ2) is 12.6. The Morgan fingerprint density at radius 3 is 2.73 bits per heavy atom. The third-order valence-corrected chi connectivity index (χ3v) is 5.97. The monoisotopic (exact) mass is 530 g/mol. The van der Waals surface area contributed by atoms with Crippen molar-refractivity contribution in [3.63, 3.8) is 0 Å². The van der Waals surface area contributed by atoms with Gasteiger partial charge in [0, 0.05) is 51.4 Å². The molecule has 2 saturated heterocycles. The predicted molar refractivity (Wildman–Crippen MR) is 137 cm³/mol. The van der Waals surface area contributed by atoms with Crippen molar-refractivity contribution in [3.8, 4) is 5.75 Å². The van der Waals surface area contributed by atoms with Crippen LogP contribution in [0.25, 0.3) is 0 Å². The Morgan fingerprint density at radius 1 is 1.17 bits per heavy atom. The topological polar surface area (TPSA) is 55.4 Å². The molecule has 170 valence electrons. The van der Waals surface area contributed by atoms with Crippen LogP contribution in [0.3, 0.4) is 0 Å². The Bertz CT molecular complexity index is 673. The van der Waals surface area contributed by atoms with Crippen LogP contribution in [0.2, 0.25) is 0 Å². The first-order chi connectivity index (χ1) is 14.1. The lowest BCUT2D eigenvalue weighted by Crippen LogP contribution is -2.53. The molecule has 2 aliphatic heterocycles. The van der Waals surface area contributed by atoms with Crippen molar-refractivity contribution in [2.24, 2.45) is 4.99 Å². The highest BCUT2D eigenvalue weighted by Crippen LogP contribution is 2.29. The number of rotatable bonds is 6. The predicted octanol–water partition coefficient (Wildman–Crippen LogP) is 2.08. The third kappa shape index (κ3) is 6.88. The fourth-order valence-corrected chi connectivity index (χ4v) is 4.21. The first kappa shape index (κ1) is 25.0. The van der Waals surface area contributed by atoms with Crippen LogP contribution < -0.4 is 20.3 Å². The summed E-state index contributed by atoms with van der Waals surface area (Å²) in [6.45, 7) is 9.15. The van der Waals surface area contributed by atoms with Gasteiger partial charge in [0.1, 0.15) is 5.75 Å². The van der Waals surface area contributed by atoms with Crippen molar-refractivity contribution >= 4 is 35.6 Å². The number of nitrogens with zero attached hydrogens (tertiary/aromatic N) is 4. The maximum atomic E-state index is 5.57. The fraction of sp³-hybridized carbons (Fsp3) is 0.682. The summed E-state index contributed by atoms with van der Waals surface area (Å²) in [4.78, 5) is 12.2. The Kier molecular flexibility index (Phi) is 10.5. The molecule has 2 N–H and O–H groups in total. The number of guanidine groups is 1. The highest BCUT2D eigenvalue weighted by atomic mass is 127. The SMILES string of the molecule is CCNC(=NCC1CN(C)CCN1C)NC1CCCN(c2ccccc2OC)C1.I. The van der Waals surface area contributed by atoms with Crippen molar-refractivity contribution in [1.82, 2.24) is 20.4 Å². The maximum absolute atomic E-state index is 5.57. The average Bonchev–Trinajstić information content (AvgIpc) is 2.74. The smallest absolute Gasteiger partial charge is 0.191 e. The van der Waals surface area contributed by atoms with Crippen LogP contribution in [0.1, 0.15) is 19.8 Å². The highest BCUT2D eigenvalue weighted by Gasteiger charge is 2.24. The quantitative estimate of drug-likeness (QED) is 0.334. The standard InChI is InChI=1S/C22H38N6O.HI/c1-5-23-22(24-15-19-17-26(2)13-14-27(19)3)25-18-9-8-12-28(16-18)20-10-6-7-11-21(20)29-4;/h6-7,10-11,18-19H,5,8-9,12-17H2,1-4H3,(H2,23,24,25);1H. The van der Waals surface area contributed by atoms with E-state index in [1.54, 1.807) is 7.11 Å². The molecule has 0 saturated carbocycles. The number of hydrogen-bond acceptors (Lipinski definition) is 5. The van der Waals surface area contributed by atoms with E-state index in [1.165, 1.54) is 5.69 Å². The zero-order chi connectivity index (χ0) is 20.6. The summed E-state index contributed by atoms with van der Waals surface area (Å²) in [6, 6.07) is 9.14. The first-order valence-corrected chi connectivity index (χ1v) is 10.9. The van der Waals surface area contributed by atoms with E-state index >= 15 is 0 Å². The Labute approximate surface area is 199 Å². The number of nitrogens with one attached hydrogen (secondary N) is 2. The molecule has 0 radical (unpaired) electrons. The largest absolute Gasteiger partial charge is 0.495 e. The number of halogens is 1. The van der Waals surface area contributed by atoms with Crippen molar-refractivity contribution < 1.29 is 4.74 Å². The summed E-state index contributed by atoms with van der Waals surface area (Å²) in [5.41, 5.74) is 1.18. The molecule has 0 aromatic heterocycles. The van der Waals surface area contributed by atoms with Gasteiger partial charge in [-0.15, -0.1) is 24.0 Å². The van der Waals surface area contributed by atoms with Crippen LogP contribution in [-0.4, -0.2) is 94.9 Å². The second-order valence-electron chi connectivity index (χ2n) is 8.22. The number of piperazine rings is 1. The van der Waals surface area contributed by atoms with Crippen LogP contribution in [0.15, 0.2) is 29.3 Å². The molecule has 8 heteroatoms. The van der Waals surface area contributed by atoms with Gasteiger partial charge >= 0.3 is 0 Å². The lowest BCUT2D eigenvalue weighted by molar-refractivity contribution is 0.119. The van der Waals surface area contributed by atoms with Gasteiger partial charge in [-0.3, -0.25) is 9.89 Å². The minimum absolute atomic E-state index is 0. The van der Waals surface area contributed by atoms with Gasteiger partial charge in [-0.1, -0.05) is 12.1 Å². The summed E-state index contributed by atoms with van der Waals surface area (Å²) in [6.07, 6.45) is 2.31. The fourth-order valence-electron chi connectivity index (χ4n) is 4.21. The van der Waals surface area contributed by atoms with Crippen molar-refractivity contribution in [2.45, 2.75) is 31.8 Å². The number of likely N-dealkylation sites (N-methyl/N-ethyl adjacent to an activating group) is 2. The van der Waals surface area contributed by atoms with E-state index in [2.05, 4.69) is 58.5 Å². The molecule has 0 amide bonds. The van der Waals surface area contributed by atoms with Crippen molar-refractivity contribution in [2.75, 3.05) is 71.9 Å². The van der Waals surface area contributed by atoms with Gasteiger partial charge < -0.3 is 25.2 Å². The van der Waals surface area contributed by atoms with E-state index in [0.29, 0.717) is 12.1 Å². The molecule has 2 heterocycles. The summed E-state index contributed by atoms with van der Waals surface area (Å²) < 4.78 is 5.57. The van der Waals surface area contributed by atoms with E-state index in [4.69, 9.17) is 9.73 Å². The van der Waals surface area contributed by atoms with Gasteiger partial charge in [-0.2, -0.15) is 0 Å². The molecule has 30 heavy (non-hydrogen) atoms. The Hall–Kier alpha value is -1.26. The minimum atomic E-state index is 0. The number of piperidine rings is 1. The molecular formula is C22H39IN6O. The van der Waals surface area contributed by atoms with Gasteiger partial charge in [0.15, 0.2) is 5.96 Å². The minimum Gasteiger partial charge on any atom is -0.495 e. The Morgan fingerprint density at radius 2 is 1.97 bits per heavy atom. The zero-order valence-corrected chi connectivity index (χ0v) is 21.3. The van der Waals surface area contributed by atoms with Gasteiger partial charge in [0.2, 0.25) is 0 Å². The summed E-state index contributed by atoms with van der Waals surface area (Å²) in [7, 11) is 6.15. The third-order valence-electron chi connectivity index (χ3n) is 5.97. The summed E-state index contributed by atoms with van der Waals surface area (Å²) in [5, 5.41) is 7.12. The zero-order valence-electron chi connectivity index (χ0n) is 18.9. The second-order valence-corrected chi connectivity index (χ2v) is 8.22. The number of anilines is 1. The van der Waals surface area contributed by atoms with Gasteiger partial charge in [0.25, 0.3) is 0 Å². The van der Waals surface area contributed by atoms with Gasteiger partial charge in [-0.25, -0.2) is 0 Å². The number of methoxy groups -OCH3 is 1. The van der Waals surface area contributed by atoms with Crippen molar-refractivity contribution in [1.29, 1.82) is 0 Å². The van der Waals surface area contributed by atoms with Crippen LogP contribution in [0.4, 0.5) is 5.69 Å². The molecule has 3 rings (SSSR count). The molecule has 2 fully saturated rings. The molecule has 0 spiro atoms. The maximum Gasteiger partial charge on any atom is 0.191 e. The molecular weight excluding hydrogens is 491 g/mol. The number of para-hydroxylation sites is 2. The summed E-state index contributed by atoms with van der Waals surface area (Å²) >= 11 is 0. The lowest BCUT2D eigenvalue weighted by Gasteiger charge is -2.37.